The van der Waals surface area contributed by atoms with Crippen LogP contribution in [0, 0.1) is 0 Å². The average Bonchev–Trinajstić information content (AvgIpc) is 2.87. The van der Waals surface area contributed by atoms with Crippen LogP contribution < -0.4 is 15.3 Å². The quantitative estimate of drug-likeness (QED) is 0.298. The van der Waals surface area contributed by atoms with E-state index in [2.05, 4.69) is 5.09 Å². The second-order valence-corrected chi connectivity index (χ2v) is 13.9. The topological polar surface area (TPSA) is 112 Å². The molecule has 158 valence electrons. The number of nitrogens with one attached hydrogen (secondary N) is 1. The van der Waals surface area contributed by atoms with Gasteiger partial charge in [-0.2, -0.15) is 0 Å². The van der Waals surface area contributed by atoms with Gasteiger partial charge in [-0.05, 0) is 0 Å². The third-order valence-corrected chi connectivity index (χ3v) is 8.86. The summed E-state index contributed by atoms with van der Waals surface area (Å²) in [5.41, 5.74) is 3.25. The second-order valence-electron chi connectivity index (χ2n) is 6.98. The predicted octanol–water partition coefficient (Wildman–Crippen LogP) is 1.71. The summed E-state index contributed by atoms with van der Waals surface area (Å²) in [5.74, 6) is 0.245. The number of carbonyl (C=O) groups is 1. The number of carbonyl (C=O) groups excluding carboxylic acids is 1. The molecule has 1 aromatic rings. The van der Waals surface area contributed by atoms with E-state index in [9.17, 15) is 9.90 Å². The summed E-state index contributed by atoms with van der Waals surface area (Å²) < 4.78 is 23.1. The number of esters is 1. The summed E-state index contributed by atoms with van der Waals surface area (Å²) in [6.45, 7) is 7.21. The number of para-hydroxylation sites is 1. The number of benzene rings is 1. The summed E-state index contributed by atoms with van der Waals surface area (Å²) in [7, 11) is 0. The summed E-state index contributed by atoms with van der Waals surface area (Å²) >= 11 is 1.00. The van der Waals surface area contributed by atoms with Crippen molar-refractivity contribution in [3.63, 3.8) is 0 Å². The molecule has 0 aliphatic carbocycles. The standard InChI is InChI=1S/C18H29N2O6P.W/c1-11(2)24-18(22)12(3)20-27(26-14-8-6-5-7-9-14)23-10-15-17(21)16(19)13(4)25-15;/h5-9,11-13,15-17,20-21H,10,19H2,1-4H3;/t12?,13-,15+,16-,17+,27?;/m0./s1. The fraction of sp³-hybridized carbons (Fsp3) is 0.611. The van der Waals surface area contributed by atoms with E-state index in [1.807, 2.05) is 37.3 Å². The number of aliphatic hydroxyl groups is 1. The molecule has 10 heteroatoms. The van der Waals surface area contributed by atoms with Gasteiger partial charge in [0.15, 0.2) is 0 Å². The zero-order valence-corrected chi connectivity index (χ0v) is 20.3. The van der Waals surface area contributed by atoms with Crippen LogP contribution in [0.15, 0.2) is 30.3 Å². The maximum absolute atomic E-state index is 12.2. The molecule has 2 rings (SSSR count). The number of rotatable bonds is 9. The number of hydrogen-bond acceptors (Lipinski definition) is 8. The van der Waals surface area contributed by atoms with E-state index in [4.69, 9.17) is 24.3 Å². The predicted molar refractivity (Wildman–Crippen MR) is 102 cm³/mol. The Labute approximate surface area is 176 Å². The molecule has 0 aromatic heterocycles. The van der Waals surface area contributed by atoms with Crippen molar-refractivity contribution in [2.45, 2.75) is 64.2 Å². The molecule has 8 nitrogen and oxygen atoms in total. The fourth-order valence-electron chi connectivity index (χ4n) is 2.62. The van der Waals surface area contributed by atoms with Gasteiger partial charge in [0.05, 0.1) is 0 Å². The van der Waals surface area contributed by atoms with Gasteiger partial charge in [-0.1, -0.05) is 0 Å². The summed E-state index contributed by atoms with van der Waals surface area (Å²) in [6.07, 6.45) is -1.85. The minimum absolute atomic E-state index is 0.0995. The molecule has 1 fully saturated rings. The molecular formula is C18H29N2O6PW. The molecule has 1 saturated heterocycles. The molecule has 28 heavy (non-hydrogen) atoms. The van der Waals surface area contributed by atoms with Crippen LogP contribution >= 0.6 is 5.50 Å². The van der Waals surface area contributed by atoms with Gasteiger partial charge >= 0.3 is 176 Å². The summed E-state index contributed by atoms with van der Waals surface area (Å²) in [5, 5.41) is 13.4. The van der Waals surface area contributed by atoms with Crippen LogP contribution in [-0.4, -0.2) is 54.2 Å². The minimum atomic E-state index is -2.66. The Balaban J connectivity index is 2.09. The van der Waals surface area contributed by atoms with Gasteiger partial charge in [-0.3, -0.25) is 0 Å². The van der Waals surface area contributed by atoms with Gasteiger partial charge in [0.1, 0.15) is 0 Å². The summed E-state index contributed by atoms with van der Waals surface area (Å²) in [6, 6.07) is 8.16. The maximum atomic E-state index is 12.2. The van der Waals surface area contributed by atoms with Crippen molar-refractivity contribution in [2.24, 2.45) is 5.73 Å². The van der Waals surface area contributed by atoms with Gasteiger partial charge in [-0.15, -0.1) is 0 Å². The van der Waals surface area contributed by atoms with E-state index >= 15 is 0 Å². The fourth-order valence-corrected chi connectivity index (χ4v) is 7.41. The third kappa shape index (κ3) is 6.74. The van der Waals surface area contributed by atoms with Crippen LogP contribution in [0.5, 0.6) is 5.75 Å². The Kier molecular flexibility index (Phi) is 8.83. The van der Waals surface area contributed by atoms with Crippen LogP contribution in [-0.2, 0) is 37.6 Å². The molecule has 6 atom stereocenters. The van der Waals surface area contributed by atoms with Crippen molar-refractivity contribution in [3.05, 3.63) is 30.3 Å². The zero-order chi connectivity index (χ0) is 20.9. The summed E-state index contributed by atoms with van der Waals surface area (Å²) in [4.78, 5) is 12.2. The number of nitrogens with two attached hydrogens (primary N) is 1. The van der Waals surface area contributed by atoms with Crippen molar-refractivity contribution in [1.82, 2.24) is 5.09 Å². The number of hydrogen-bond donors (Lipinski definition) is 3. The molecule has 1 aliphatic rings. The molecule has 1 aromatic carbocycles. The van der Waals surface area contributed by atoms with E-state index < -0.39 is 29.8 Å². The van der Waals surface area contributed by atoms with Crippen molar-refractivity contribution >= 4 is 11.5 Å². The molecule has 1 heterocycles. The van der Waals surface area contributed by atoms with Gasteiger partial charge < -0.3 is 0 Å². The Morgan fingerprint density at radius 1 is 1.36 bits per heavy atom. The molecular weight excluding hydrogens is 555 g/mol. The normalized spacial score (nSPS) is 28.0. The first-order valence-electron chi connectivity index (χ1n) is 9.18. The van der Waals surface area contributed by atoms with Gasteiger partial charge in [-0.25, -0.2) is 0 Å². The van der Waals surface area contributed by atoms with E-state index in [1.54, 1.807) is 20.8 Å². The molecule has 4 N–H and O–H groups in total. The van der Waals surface area contributed by atoms with E-state index in [1.165, 1.54) is 0 Å². The van der Waals surface area contributed by atoms with Crippen molar-refractivity contribution in [2.75, 3.05) is 6.61 Å². The van der Waals surface area contributed by atoms with Crippen molar-refractivity contribution in [3.8, 4) is 5.75 Å². The monoisotopic (exact) mass is 584 g/mol. The van der Waals surface area contributed by atoms with E-state index in [-0.39, 0.29) is 24.8 Å². The number of aliphatic hydroxyl groups excluding tert-OH is 1. The van der Waals surface area contributed by atoms with Crippen molar-refractivity contribution < 1.29 is 47.2 Å². The van der Waals surface area contributed by atoms with Crippen LogP contribution in [0.2, 0.25) is 0 Å². The second kappa shape index (κ2) is 10.4. The average molecular weight is 584 g/mol. The van der Waals surface area contributed by atoms with E-state index in [0.717, 1.165) is 18.8 Å². The molecule has 1 aliphatic heterocycles. The Hall–Kier alpha value is -0.592. The van der Waals surface area contributed by atoms with Gasteiger partial charge in [0.25, 0.3) is 0 Å². The van der Waals surface area contributed by atoms with Crippen LogP contribution in [0.4, 0.5) is 0 Å². The van der Waals surface area contributed by atoms with Gasteiger partial charge in [0, 0.05) is 0 Å². The number of ether oxygens (including phenoxy) is 2. The van der Waals surface area contributed by atoms with Gasteiger partial charge in [0.2, 0.25) is 0 Å². The Morgan fingerprint density at radius 3 is 2.54 bits per heavy atom. The van der Waals surface area contributed by atoms with Crippen LogP contribution in [0.1, 0.15) is 27.7 Å². The van der Waals surface area contributed by atoms with Crippen LogP contribution in [0.25, 0.3) is 0 Å². The molecule has 0 saturated carbocycles. The third-order valence-electron chi connectivity index (χ3n) is 4.14. The first kappa shape index (κ1) is 23.7. The molecule has 0 radical (unpaired) electrons. The van der Waals surface area contributed by atoms with Crippen LogP contribution in [0.3, 0.4) is 0 Å². The molecule has 0 spiro atoms. The molecule has 0 bridgehead atoms. The Morgan fingerprint density at radius 2 is 2.00 bits per heavy atom. The van der Waals surface area contributed by atoms with Crippen molar-refractivity contribution in [1.29, 1.82) is 0 Å². The molecule has 0 amide bonds. The Bertz CT molecular complexity index is 692. The first-order chi connectivity index (χ1) is 13.1. The molecule has 2 unspecified atom stereocenters. The first-order valence-corrected chi connectivity index (χ1v) is 14.7. The zero-order valence-electron chi connectivity index (χ0n) is 16.5. The SMILES string of the molecule is CC(C)OC(=O)C(C)N[P](=[W])(OC[C@H]1O[C@@H](C)[C@H](N)[C@@H]1O)Oc1ccccc1. The van der Waals surface area contributed by atoms with E-state index in [0.29, 0.717) is 5.75 Å².